The summed E-state index contributed by atoms with van der Waals surface area (Å²) >= 11 is 0. The maximum Gasteiger partial charge on any atom is 0.138 e. The molecular weight excluding hydrogens is 240 g/mol. The molecule has 5 heteroatoms. The van der Waals surface area contributed by atoms with Gasteiger partial charge in [0.2, 0.25) is 0 Å². The Labute approximate surface area is 115 Å². The van der Waals surface area contributed by atoms with Crippen molar-refractivity contribution in [3.8, 4) is 0 Å². The topological polar surface area (TPSA) is 50.3 Å². The number of nitrogens with zero attached hydrogens (tertiary/aromatic N) is 3. The lowest BCUT2D eigenvalue weighted by Crippen LogP contribution is -2.38. The van der Waals surface area contributed by atoms with E-state index in [0.29, 0.717) is 0 Å². The molecule has 1 aliphatic heterocycles. The van der Waals surface area contributed by atoms with E-state index in [1.165, 1.54) is 0 Å². The molecule has 0 atom stereocenters. The van der Waals surface area contributed by atoms with Gasteiger partial charge in [-0.05, 0) is 6.92 Å². The van der Waals surface area contributed by atoms with Crippen LogP contribution in [0, 0.1) is 6.92 Å². The predicted molar refractivity (Wildman–Crippen MR) is 78.0 cm³/mol. The van der Waals surface area contributed by atoms with Gasteiger partial charge in [0.15, 0.2) is 0 Å². The van der Waals surface area contributed by atoms with Gasteiger partial charge in [0, 0.05) is 31.1 Å². The van der Waals surface area contributed by atoms with Gasteiger partial charge in [-0.15, -0.1) is 0 Å². The fraction of sp³-hybridized carbons (Fsp3) is 0.714. The van der Waals surface area contributed by atoms with Crippen LogP contribution in [0.4, 0.5) is 11.6 Å². The van der Waals surface area contributed by atoms with Crippen molar-refractivity contribution < 1.29 is 4.74 Å². The molecule has 1 N–H and O–H groups in total. The predicted octanol–water partition coefficient (Wildman–Crippen LogP) is 1.96. The monoisotopic (exact) mass is 264 g/mol. The average Bonchev–Trinajstić information content (AvgIpc) is 2.38. The van der Waals surface area contributed by atoms with Crippen LogP contribution in [0.5, 0.6) is 0 Å². The Bertz CT molecular complexity index is 447. The molecule has 5 nitrogen and oxygen atoms in total. The average molecular weight is 264 g/mol. The van der Waals surface area contributed by atoms with Crippen LogP contribution in [-0.4, -0.2) is 43.3 Å². The minimum absolute atomic E-state index is 0.0552. The van der Waals surface area contributed by atoms with Gasteiger partial charge in [0.1, 0.15) is 17.5 Å². The van der Waals surface area contributed by atoms with Crippen molar-refractivity contribution in [3.63, 3.8) is 0 Å². The second-order valence-electron chi connectivity index (χ2n) is 5.94. The Hall–Kier alpha value is -1.36. The number of rotatable bonds is 2. The first kappa shape index (κ1) is 14.1. The summed E-state index contributed by atoms with van der Waals surface area (Å²) in [5.74, 6) is 2.83. The van der Waals surface area contributed by atoms with Crippen LogP contribution in [0.2, 0.25) is 0 Å². The molecular formula is C14H24N4O. The van der Waals surface area contributed by atoms with Gasteiger partial charge in [-0.2, -0.15) is 0 Å². The number of aromatic nitrogens is 2. The van der Waals surface area contributed by atoms with Crippen molar-refractivity contribution in [2.45, 2.75) is 33.1 Å². The molecule has 2 rings (SSSR count). The first-order chi connectivity index (χ1) is 8.93. The maximum absolute atomic E-state index is 5.41. The number of morpholine rings is 1. The smallest absolute Gasteiger partial charge is 0.138 e. The Balaban J connectivity index is 2.45. The number of hydrogen-bond donors (Lipinski definition) is 1. The van der Waals surface area contributed by atoms with Crippen molar-refractivity contribution in [1.29, 1.82) is 0 Å². The zero-order chi connectivity index (χ0) is 14.0. The minimum atomic E-state index is -0.0552. The van der Waals surface area contributed by atoms with E-state index in [-0.39, 0.29) is 5.41 Å². The van der Waals surface area contributed by atoms with Gasteiger partial charge in [0.05, 0.1) is 13.2 Å². The summed E-state index contributed by atoms with van der Waals surface area (Å²) in [6.45, 7) is 11.8. The molecule has 1 aromatic rings. The number of nitrogens with one attached hydrogen (secondary N) is 1. The zero-order valence-corrected chi connectivity index (χ0v) is 12.6. The molecule has 0 aromatic carbocycles. The van der Waals surface area contributed by atoms with Crippen molar-refractivity contribution >= 4 is 11.6 Å². The van der Waals surface area contributed by atoms with Gasteiger partial charge in [-0.25, -0.2) is 9.97 Å². The lowest BCUT2D eigenvalue weighted by atomic mass is 9.95. The largest absolute Gasteiger partial charge is 0.378 e. The quantitative estimate of drug-likeness (QED) is 0.885. The molecule has 0 bridgehead atoms. The Kier molecular flexibility index (Phi) is 3.94. The molecule has 0 aliphatic carbocycles. The first-order valence-corrected chi connectivity index (χ1v) is 6.83. The van der Waals surface area contributed by atoms with Gasteiger partial charge in [-0.3, -0.25) is 0 Å². The van der Waals surface area contributed by atoms with Crippen LogP contribution in [0.1, 0.15) is 32.2 Å². The molecule has 1 fully saturated rings. The van der Waals surface area contributed by atoms with Crippen LogP contribution in [0.15, 0.2) is 0 Å². The fourth-order valence-corrected chi connectivity index (χ4v) is 2.17. The molecule has 0 amide bonds. The third-order valence-corrected chi connectivity index (χ3v) is 3.34. The van der Waals surface area contributed by atoms with E-state index in [0.717, 1.165) is 49.3 Å². The molecule has 0 unspecified atom stereocenters. The van der Waals surface area contributed by atoms with E-state index in [1.54, 1.807) is 0 Å². The van der Waals surface area contributed by atoms with E-state index < -0.39 is 0 Å². The van der Waals surface area contributed by atoms with E-state index >= 15 is 0 Å². The summed E-state index contributed by atoms with van der Waals surface area (Å²) in [5.41, 5.74) is 1.05. The van der Waals surface area contributed by atoms with Gasteiger partial charge >= 0.3 is 0 Å². The van der Waals surface area contributed by atoms with Gasteiger partial charge in [-0.1, -0.05) is 20.8 Å². The normalized spacial score (nSPS) is 16.6. The molecule has 19 heavy (non-hydrogen) atoms. The van der Waals surface area contributed by atoms with E-state index in [9.17, 15) is 0 Å². The van der Waals surface area contributed by atoms with Crippen LogP contribution >= 0.6 is 0 Å². The first-order valence-electron chi connectivity index (χ1n) is 6.83. The Morgan fingerprint density at radius 1 is 1.16 bits per heavy atom. The van der Waals surface area contributed by atoms with Crippen molar-refractivity contribution in [2.24, 2.45) is 0 Å². The maximum atomic E-state index is 5.41. The lowest BCUT2D eigenvalue weighted by Gasteiger charge is -2.31. The van der Waals surface area contributed by atoms with E-state index in [4.69, 9.17) is 9.72 Å². The van der Waals surface area contributed by atoms with E-state index in [1.807, 2.05) is 7.05 Å². The lowest BCUT2D eigenvalue weighted by molar-refractivity contribution is 0.122. The Morgan fingerprint density at radius 3 is 2.32 bits per heavy atom. The highest BCUT2D eigenvalue weighted by Gasteiger charge is 2.23. The van der Waals surface area contributed by atoms with Gasteiger partial charge in [0.25, 0.3) is 0 Å². The molecule has 0 saturated carbocycles. The molecule has 1 aliphatic rings. The van der Waals surface area contributed by atoms with Crippen molar-refractivity contribution in [1.82, 2.24) is 9.97 Å². The number of anilines is 2. The SMILES string of the molecule is CNc1nc(C(C)(C)C)nc(N2CCOCC2)c1C. The van der Waals surface area contributed by atoms with Crippen molar-refractivity contribution in [2.75, 3.05) is 43.6 Å². The summed E-state index contributed by atoms with van der Waals surface area (Å²) in [6.07, 6.45) is 0. The van der Waals surface area contributed by atoms with Gasteiger partial charge < -0.3 is 15.0 Å². The Morgan fingerprint density at radius 2 is 1.79 bits per heavy atom. The van der Waals surface area contributed by atoms with Crippen LogP contribution < -0.4 is 10.2 Å². The highest BCUT2D eigenvalue weighted by atomic mass is 16.5. The second kappa shape index (κ2) is 5.33. The molecule has 1 aromatic heterocycles. The van der Waals surface area contributed by atoms with E-state index in [2.05, 4.69) is 42.9 Å². The number of ether oxygens (including phenoxy) is 1. The summed E-state index contributed by atoms with van der Waals surface area (Å²) in [4.78, 5) is 11.7. The molecule has 1 saturated heterocycles. The molecule has 0 radical (unpaired) electrons. The van der Waals surface area contributed by atoms with Crippen LogP contribution in [0.3, 0.4) is 0 Å². The van der Waals surface area contributed by atoms with Crippen molar-refractivity contribution in [3.05, 3.63) is 11.4 Å². The summed E-state index contributed by atoms with van der Waals surface area (Å²) in [7, 11) is 1.91. The third-order valence-electron chi connectivity index (χ3n) is 3.34. The molecule has 106 valence electrons. The minimum Gasteiger partial charge on any atom is -0.378 e. The summed E-state index contributed by atoms with van der Waals surface area (Å²) in [5, 5.41) is 3.18. The highest BCUT2D eigenvalue weighted by molar-refractivity contribution is 5.59. The molecule has 0 spiro atoms. The summed E-state index contributed by atoms with van der Waals surface area (Å²) in [6, 6.07) is 0. The third kappa shape index (κ3) is 2.97. The fourth-order valence-electron chi connectivity index (χ4n) is 2.17. The van der Waals surface area contributed by atoms with Crippen LogP contribution in [0.25, 0.3) is 0 Å². The number of hydrogen-bond acceptors (Lipinski definition) is 5. The molecule has 2 heterocycles. The van der Waals surface area contributed by atoms with Crippen LogP contribution in [-0.2, 0) is 10.2 Å². The zero-order valence-electron chi connectivity index (χ0n) is 12.6. The second-order valence-corrected chi connectivity index (χ2v) is 5.94. The highest BCUT2D eigenvalue weighted by Crippen LogP contribution is 2.28. The standard InChI is InChI=1S/C14H24N4O/c1-10-11(15-5)16-13(14(2,3)4)17-12(10)18-6-8-19-9-7-18/h6-9H2,1-5H3,(H,15,16,17). The summed E-state index contributed by atoms with van der Waals surface area (Å²) < 4.78 is 5.41.